The number of rotatable bonds is 5. The maximum Gasteiger partial charge on any atom is 0.160 e. The van der Waals surface area contributed by atoms with Crippen molar-refractivity contribution in [2.24, 2.45) is 0 Å². The molecule has 4 nitrogen and oxygen atoms in total. The third kappa shape index (κ3) is 2.65. The molecular formula is C13H18ClN3O. The Balaban J connectivity index is 2.43. The summed E-state index contributed by atoms with van der Waals surface area (Å²) in [5.41, 5.74) is 2.80. The van der Waals surface area contributed by atoms with Gasteiger partial charge in [-0.05, 0) is 32.4 Å². The number of aromatic nitrogens is 3. The van der Waals surface area contributed by atoms with Crippen LogP contribution in [0.5, 0.6) is 0 Å². The Bertz CT molecular complexity index is 536. The molecule has 0 amide bonds. The lowest BCUT2D eigenvalue weighted by Gasteiger charge is -2.09. The molecule has 0 bridgehead atoms. The summed E-state index contributed by atoms with van der Waals surface area (Å²) in [5.74, 6) is 0.876. The molecule has 0 aromatic carbocycles. The first kappa shape index (κ1) is 13.3. The van der Waals surface area contributed by atoms with E-state index >= 15 is 0 Å². The Hall–Kier alpha value is -1.13. The zero-order valence-corrected chi connectivity index (χ0v) is 11.7. The van der Waals surface area contributed by atoms with E-state index in [1.807, 2.05) is 26.0 Å². The van der Waals surface area contributed by atoms with E-state index < -0.39 is 0 Å². The van der Waals surface area contributed by atoms with Gasteiger partial charge in [-0.2, -0.15) is 0 Å². The van der Waals surface area contributed by atoms with Crippen LogP contribution in [0.25, 0.3) is 11.2 Å². The molecule has 0 saturated heterocycles. The van der Waals surface area contributed by atoms with Gasteiger partial charge in [0.2, 0.25) is 0 Å². The Morgan fingerprint density at radius 2 is 2.17 bits per heavy atom. The predicted molar refractivity (Wildman–Crippen MR) is 73.0 cm³/mol. The first-order valence-corrected chi connectivity index (χ1v) is 6.54. The highest BCUT2D eigenvalue weighted by Gasteiger charge is 2.15. The van der Waals surface area contributed by atoms with Gasteiger partial charge in [0.15, 0.2) is 5.65 Å². The van der Waals surface area contributed by atoms with E-state index in [4.69, 9.17) is 16.3 Å². The standard InChI is InChI=1S/C13H18ClN3O/c1-9-5-6-11-13(15-9)17(7-4-8-18-3)12(16-11)10(2)14/h5-6,10H,4,7-8H2,1-3H3. The maximum absolute atomic E-state index is 6.19. The van der Waals surface area contributed by atoms with E-state index in [-0.39, 0.29) is 5.38 Å². The fraction of sp³-hybridized carbons (Fsp3) is 0.538. The van der Waals surface area contributed by atoms with Crippen LogP contribution in [0.15, 0.2) is 12.1 Å². The van der Waals surface area contributed by atoms with Crippen molar-refractivity contribution in [1.29, 1.82) is 0 Å². The van der Waals surface area contributed by atoms with Crippen molar-refractivity contribution < 1.29 is 4.74 Å². The largest absolute Gasteiger partial charge is 0.385 e. The second kappa shape index (κ2) is 5.67. The van der Waals surface area contributed by atoms with Crippen LogP contribution in [0, 0.1) is 6.92 Å². The van der Waals surface area contributed by atoms with E-state index in [0.29, 0.717) is 0 Å². The van der Waals surface area contributed by atoms with Gasteiger partial charge in [-0.1, -0.05) is 0 Å². The molecule has 98 valence electrons. The number of hydrogen-bond acceptors (Lipinski definition) is 3. The summed E-state index contributed by atoms with van der Waals surface area (Å²) in [5, 5.41) is -0.123. The highest BCUT2D eigenvalue weighted by atomic mass is 35.5. The van der Waals surface area contributed by atoms with Crippen LogP contribution >= 0.6 is 11.6 Å². The zero-order chi connectivity index (χ0) is 13.1. The maximum atomic E-state index is 6.19. The summed E-state index contributed by atoms with van der Waals surface area (Å²) in [6.07, 6.45) is 0.925. The fourth-order valence-electron chi connectivity index (χ4n) is 2.00. The zero-order valence-electron chi connectivity index (χ0n) is 11.0. The summed E-state index contributed by atoms with van der Waals surface area (Å²) < 4.78 is 7.19. The van der Waals surface area contributed by atoms with Gasteiger partial charge in [-0.3, -0.25) is 0 Å². The summed E-state index contributed by atoms with van der Waals surface area (Å²) in [7, 11) is 1.71. The minimum absolute atomic E-state index is 0.123. The normalized spacial score (nSPS) is 13.1. The number of alkyl halides is 1. The van der Waals surface area contributed by atoms with E-state index in [1.54, 1.807) is 7.11 Å². The Morgan fingerprint density at radius 1 is 1.39 bits per heavy atom. The monoisotopic (exact) mass is 267 g/mol. The van der Waals surface area contributed by atoms with Gasteiger partial charge in [0.25, 0.3) is 0 Å². The molecule has 2 aromatic rings. The lowest BCUT2D eigenvalue weighted by atomic mass is 10.3. The second-order valence-corrected chi connectivity index (χ2v) is 5.03. The van der Waals surface area contributed by atoms with E-state index in [9.17, 15) is 0 Å². The van der Waals surface area contributed by atoms with Gasteiger partial charge < -0.3 is 9.30 Å². The first-order valence-electron chi connectivity index (χ1n) is 6.10. The molecule has 2 rings (SSSR count). The summed E-state index contributed by atoms with van der Waals surface area (Å²) in [4.78, 5) is 9.12. The molecule has 2 aromatic heterocycles. The minimum atomic E-state index is -0.123. The molecule has 0 radical (unpaired) electrons. The number of pyridine rings is 1. The number of imidazole rings is 1. The number of nitrogens with zero attached hydrogens (tertiary/aromatic N) is 3. The van der Waals surface area contributed by atoms with Crippen LogP contribution in [-0.2, 0) is 11.3 Å². The van der Waals surface area contributed by atoms with Crippen molar-refractivity contribution in [3.05, 3.63) is 23.7 Å². The number of aryl methyl sites for hydroxylation is 2. The minimum Gasteiger partial charge on any atom is -0.385 e. The molecule has 1 atom stereocenters. The number of hydrogen-bond donors (Lipinski definition) is 0. The molecule has 0 aliphatic heterocycles. The highest BCUT2D eigenvalue weighted by Crippen LogP contribution is 2.24. The highest BCUT2D eigenvalue weighted by molar-refractivity contribution is 6.20. The smallest absolute Gasteiger partial charge is 0.160 e. The fourth-order valence-corrected chi connectivity index (χ4v) is 2.17. The molecular weight excluding hydrogens is 250 g/mol. The Kier molecular flexibility index (Phi) is 4.19. The average molecular weight is 268 g/mol. The lowest BCUT2D eigenvalue weighted by Crippen LogP contribution is -2.07. The second-order valence-electron chi connectivity index (χ2n) is 4.38. The SMILES string of the molecule is COCCCn1c(C(C)Cl)nc2ccc(C)nc21. The van der Waals surface area contributed by atoms with Crippen LogP contribution in [-0.4, -0.2) is 28.3 Å². The van der Waals surface area contributed by atoms with Crippen molar-refractivity contribution in [1.82, 2.24) is 14.5 Å². The average Bonchev–Trinajstić information content (AvgIpc) is 2.68. The molecule has 2 heterocycles. The quantitative estimate of drug-likeness (QED) is 0.617. The first-order chi connectivity index (χ1) is 8.63. The van der Waals surface area contributed by atoms with Gasteiger partial charge in [-0.15, -0.1) is 11.6 Å². The van der Waals surface area contributed by atoms with Gasteiger partial charge in [0, 0.05) is 26.0 Å². The number of halogens is 1. The Labute approximate surface area is 112 Å². The Morgan fingerprint density at radius 3 is 2.83 bits per heavy atom. The van der Waals surface area contributed by atoms with Crippen LogP contribution in [0.3, 0.4) is 0 Å². The van der Waals surface area contributed by atoms with E-state index in [0.717, 1.165) is 42.3 Å². The van der Waals surface area contributed by atoms with Gasteiger partial charge in [0.05, 0.1) is 5.38 Å². The molecule has 18 heavy (non-hydrogen) atoms. The molecule has 0 spiro atoms. The number of methoxy groups -OCH3 is 1. The van der Waals surface area contributed by atoms with Crippen molar-refractivity contribution in [2.75, 3.05) is 13.7 Å². The van der Waals surface area contributed by atoms with Crippen LogP contribution < -0.4 is 0 Å². The molecule has 0 aliphatic rings. The van der Waals surface area contributed by atoms with Crippen LogP contribution in [0.2, 0.25) is 0 Å². The van der Waals surface area contributed by atoms with Crippen molar-refractivity contribution in [3.8, 4) is 0 Å². The van der Waals surface area contributed by atoms with Crippen LogP contribution in [0.4, 0.5) is 0 Å². The summed E-state index contributed by atoms with van der Waals surface area (Å²) in [6.45, 7) is 5.47. The lowest BCUT2D eigenvalue weighted by molar-refractivity contribution is 0.190. The van der Waals surface area contributed by atoms with Gasteiger partial charge in [-0.25, -0.2) is 9.97 Å². The molecule has 0 N–H and O–H groups in total. The third-order valence-electron chi connectivity index (χ3n) is 2.85. The molecule has 0 aliphatic carbocycles. The van der Waals surface area contributed by atoms with Crippen LogP contribution in [0.1, 0.15) is 30.2 Å². The summed E-state index contributed by atoms with van der Waals surface area (Å²) in [6, 6.07) is 3.96. The van der Waals surface area contributed by atoms with E-state index in [1.165, 1.54) is 0 Å². The van der Waals surface area contributed by atoms with Gasteiger partial charge in [0.1, 0.15) is 11.3 Å². The predicted octanol–water partition coefficient (Wildman–Crippen LogP) is 3.08. The molecule has 0 saturated carbocycles. The topological polar surface area (TPSA) is 39.9 Å². The van der Waals surface area contributed by atoms with Crippen molar-refractivity contribution in [3.63, 3.8) is 0 Å². The van der Waals surface area contributed by atoms with Crippen molar-refractivity contribution >= 4 is 22.8 Å². The van der Waals surface area contributed by atoms with Crippen molar-refractivity contribution in [2.45, 2.75) is 32.2 Å². The summed E-state index contributed by atoms with van der Waals surface area (Å²) >= 11 is 6.19. The van der Waals surface area contributed by atoms with Gasteiger partial charge >= 0.3 is 0 Å². The number of ether oxygens (including phenoxy) is 1. The molecule has 5 heteroatoms. The number of fused-ring (bicyclic) bond motifs is 1. The molecule has 0 fully saturated rings. The third-order valence-corrected chi connectivity index (χ3v) is 3.04. The van der Waals surface area contributed by atoms with E-state index in [2.05, 4.69) is 14.5 Å². The molecule has 1 unspecified atom stereocenters.